The van der Waals surface area contributed by atoms with Crippen LogP contribution in [0.3, 0.4) is 0 Å². The van der Waals surface area contributed by atoms with Gasteiger partial charge < -0.3 is 14.7 Å². The Balaban J connectivity index is 1.27. The van der Waals surface area contributed by atoms with Gasteiger partial charge >= 0.3 is 0 Å². The smallest absolute Gasteiger partial charge is 0.252 e. The molecule has 0 bridgehead atoms. The Morgan fingerprint density at radius 2 is 1.20 bits per heavy atom. The Morgan fingerprint density at radius 1 is 0.554 bits per heavy atom. The highest BCUT2D eigenvalue weighted by Gasteiger charge is 2.63. The minimum absolute atomic E-state index is 0.0272. The molecule has 11 rings (SSSR count). The van der Waals surface area contributed by atoms with Gasteiger partial charge in [0.25, 0.3) is 6.71 Å². The fourth-order valence-electron chi connectivity index (χ4n) is 13.5. The van der Waals surface area contributed by atoms with E-state index in [1.54, 1.807) is 11.1 Å². The van der Waals surface area contributed by atoms with Gasteiger partial charge in [0.15, 0.2) is 0 Å². The lowest BCUT2D eigenvalue weighted by atomic mass is 9.32. The van der Waals surface area contributed by atoms with Gasteiger partial charge in [-0.15, -0.1) is 0 Å². The van der Waals surface area contributed by atoms with Crippen LogP contribution in [0.25, 0.3) is 0 Å². The third kappa shape index (κ3) is 4.07. The van der Waals surface area contributed by atoms with E-state index in [-0.39, 0.29) is 34.0 Å². The molecule has 2 fully saturated rings. The van der Waals surface area contributed by atoms with E-state index in [0.29, 0.717) is 0 Å². The molecule has 0 aromatic heterocycles. The summed E-state index contributed by atoms with van der Waals surface area (Å²) in [5.74, 6) is 0. The van der Waals surface area contributed by atoms with Crippen molar-refractivity contribution in [3.63, 3.8) is 0 Å². The third-order valence-corrected chi connectivity index (χ3v) is 16.7. The number of aryl methyl sites for hydroxylation is 2. The molecular formula is C52H58BN3. The maximum atomic E-state index is 2.94. The van der Waals surface area contributed by atoms with Crippen LogP contribution in [-0.2, 0) is 16.2 Å². The van der Waals surface area contributed by atoms with Gasteiger partial charge in [0.1, 0.15) is 0 Å². The lowest BCUT2D eigenvalue weighted by molar-refractivity contribution is 0.193. The Hall–Kier alpha value is -4.44. The molecule has 3 nitrogen and oxygen atoms in total. The topological polar surface area (TPSA) is 9.72 Å². The molecule has 4 heteroatoms. The molecule has 5 aromatic rings. The highest BCUT2D eigenvalue weighted by molar-refractivity contribution is 7.00. The fourth-order valence-corrected chi connectivity index (χ4v) is 13.5. The second-order valence-corrected chi connectivity index (χ2v) is 20.5. The van der Waals surface area contributed by atoms with E-state index in [1.807, 2.05) is 0 Å². The summed E-state index contributed by atoms with van der Waals surface area (Å²) < 4.78 is 0. The third-order valence-electron chi connectivity index (χ3n) is 16.7. The van der Waals surface area contributed by atoms with Gasteiger partial charge in [-0.05, 0) is 134 Å². The number of rotatable bonds is 2. The number of benzene rings is 5. The Bertz CT molecular complexity index is 2500. The molecule has 4 unspecified atom stereocenters. The summed E-state index contributed by atoms with van der Waals surface area (Å²) in [6.07, 6.45) is 9.99. The zero-order valence-electron chi connectivity index (χ0n) is 35.2. The quantitative estimate of drug-likeness (QED) is 0.164. The van der Waals surface area contributed by atoms with Crippen molar-refractivity contribution >= 4 is 62.9 Å². The van der Waals surface area contributed by atoms with Crippen LogP contribution in [0.4, 0.5) is 39.8 Å². The Labute approximate surface area is 336 Å². The molecule has 2 aliphatic carbocycles. The molecule has 56 heavy (non-hydrogen) atoms. The minimum atomic E-state index is -0.0478. The lowest BCUT2D eigenvalue weighted by Gasteiger charge is -2.54. The zero-order chi connectivity index (χ0) is 38.7. The van der Waals surface area contributed by atoms with Crippen molar-refractivity contribution in [1.82, 2.24) is 0 Å². The van der Waals surface area contributed by atoms with E-state index in [9.17, 15) is 0 Å². The first kappa shape index (κ1) is 34.8. The second kappa shape index (κ2) is 11.1. The SMILES string of the molecule is Cc1cc(C)c2c3c1B1c4ccccc4N(c4ccccc4)c4cc(N5c6ccc(C(C)(C)C)cc6C6(C)CCCCC56C)cc(c41)N3C1(C)CCCCC21C. The highest BCUT2D eigenvalue weighted by Crippen LogP contribution is 2.65. The fraction of sp³-hybridized carbons (Fsp3) is 0.423. The largest absolute Gasteiger partial charge is 0.335 e. The molecule has 4 aliphatic heterocycles. The molecule has 2 saturated carbocycles. The summed E-state index contributed by atoms with van der Waals surface area (Å²) in [7, 11) is 0. The molecular weight excluding hydrogens is 677 g/mol. The summed E-state index contributed by atoms with van der Waals surface area (Å²) >= 11 is 0. The monoisotopic (exact) mass is 735 g/mol. The van der Waals surface area contributed by atoms with Crippen molar-refractivity contribution in [2.45, 2.75) is 141 Å². The zero-order valence-corrected chi connectivity index (χ0v) is 35.2. The summed E-state index contributed by atoms with van der Waals surface area (Å²) in [5.41, 5.74) is 21.7. The van der Waals surface area contributed by atoms with Crippen molar-refractivity contribution < 1.29 is 0 Å². The van der Waals surface area contributed by atoms with Crippen molar-refractivity contribution in [2.24, 2.45) is 0 Å². The van der Waals surface area contributed by atoms with E-state index < -0.39 is 0 Å². The summed E-state index contributed by atoms with van der Waals surface area (Å²) in [5, 5.41) is 0. The van der Waals surface area contributed by atoms with Gasteiger partial charge in [0, 0.05) is 50.6 Å². The highest BCUT2D eigenvalue weighted by atomic mass is 15.3. The molecule has 4 heterocycles. The van der Waals surface area contributed by atoms with Crippen molar-refractivity contribution in [3.05, 3.63) is 119 Å². The average Bonchev–Trinajstić information content (AvgIpc) is 3.52. The molecule has 0 spiro atoms. The van der Waals surface area contributed by atoms with E-state index in [0.717, 1.165) is 0 Å². The van der Waals surface area contributed by atoms with Crippen molar-refractivity contribution in [2.75, 3.05) is 14.7 Å². The van der Waals surface area contributed by atoms with Crippen LogP contribution >= 0.6 is 0 Å². The van der Waals surface area contributed by atoms with E-state index in [4.69, 9.17) is 0 Å². The number of para-hydroxylation sites is 2. The van der Waals surface area contributed by atoms with Crippen molar-refractivity contribution in [3.8, 4) is 0 Å². The number of anilines is 7. The minimum Gasteiger partial charge on any atom is -0.335 e. The Kier molecular flexibility index (Phi) is 6.92. The van der Waals surface area contributed by atoms with Gasteiger partial charge in [0.2, 0.25) is 0 Å². The van der Waals surface area contributed by atoms with E-state index >= 15 is 0 Å². The number of hydrogen-bond donors (Lipinski definition) is 0. The first-order valence-electron chi connectivity index (χ1n) is 21.8. The standard InChI is InChI=1S/C52H58BN3/c1-33-29-34(2)45-47-44(33)50(7)26-16-18-28-52(50,9)56(47)43-32-37(31-42-46(43)53(45)39-21-13-14-22-41(39)54(42)36-19-11-10-12-20-36)55-40-24-23-35(48(3,4)5)30-38(40)49(6)25-15-17-27-51(49,55)8/h10-14,19-24,29-32H,15-18,25-28H2,1-9H3. The van der Waals surface area contributed by atoms with Gasteiger partial charge in [-0.2, -0.15) is 0 Å². The van der Waals surface area contributed by atoms with Crippen LogP contribution in [0.1, 0.15) is 128 Å². The first-order chi connectivity index (χ1) is 26.7. The van der Waals surface area contributed by atoms with Crippen LogP contribution in [-0.4, -0.2) is 17.8 Å². The molecule has 4 atom stereocenters. The molecule has 284 valence electrons. The average molecular weight is 736 g/mol. The van der Waals surface area contributed by atoms with E-state index in [1.165, 1.54) is 124 Å². The lowest BCUT2D eigenvalue weighted by Crippen LogP contribution is -2.65. The number of fused-ring (bicyclic) bond motifs is 10. The van der Waals surface area contributed by atoms with Crippen LogP contribution in [0, 0.1) is 13.8 Å². The van der Waals surface area contributed by atoms with Crippen LogP contribution in [0.5, 0.6) is 0 Å². The normalized spacial score (nSPS) is 28.0. The summed E-state index contributed by atoms with van der Waals surface area (Å²) in [6.45, 7) is 22.6. The van der Waals surface area contributed by atoms with E-state index in [2.05, 4.69) is 168 Å². The number of nitrogens with zero attached hydrogens (tertiary/aromatic N) is 3. The summed E-state index contributed by atoms with van der Waals surface area (Å²) in [4.78, 5) is 8.40. The summed E-state index contributed by atoms with van der Waals surface area (Å²) in [6, 6.07) is 35.9. The molecule has 6 aliphatic rings. The number of hydrogen-bond acceptors (Lipinski definition) is 3. The van der Waals surface area contributed by atoms with Crippen LogP contribution in [0.15, 0.2) is 91.0 Å². The van der Waals surface area contributed by atoms with Gasteiger partial charge in [0.05, 0.1) is 11.1 Å². The molecule has 0 radical (unpaired) electrons. The first-order valence-corrected chi connectivity index (χ1v) is 21.8. The molecule has 0 saturated heterocycles. The van der Waals surface area contributed by atoms with Gasteiger partial charge in [-0.3, -0.25) is 0 Å². The van der Waals surface area contributed by atoms with Crippen LogP contribution in [0.2, 0.25) is 0 Å². The van der Waals surface area contributed by atoms with Crippen LogP contribution < -0.4 is 31.1 Å². The Morgan fingerprint density at radius 3 is 1.93 bits per heavy atom. The van der Waals surface area contributed by atoms with Crippen molar-refractivity contribution in [1.29, 1.82) is 0 Å². The maximum absolute atomic E-state index is 2.94. The maximum Gasteiger partial charge on any atom is 0.252 e. The molecule has 0 amide bonds. The predicted octanol–water partition coefficient (Wildman–Crippen LogP) is 11.7. The molecule has 5 aromatic carbocycles. The second-order valence-electron chi connectivity index (χ2n) is 20.5. The molecule has 0 N–H and O–H groups in total. The predicted molar refractivity (Wildman–Crippen MR) is 240 cm³/mol. The van der Waals surface area contributed by atoms with Gasteiger partial charge in [-0.25, -0.2) is 0 Å². The van der Waals surface area contributed by atoms with Gasteiger partial charge in [-0.1, -0.05) is 120 Å².